The Morgan fingerprint density at radius 3 is 2.62 bits per heavy atom. The highest BCUT2D eigenvalue weighted by atomic mass is 19.4. The Hall–Kier alpha value is -3.67. The number of carbonyl (C=O) groups excluding carboxylic acids is 1. The number of nitrogens with zero attached hydrogens (tertiary/aromatic N) is 4. The Morgan fingerprint density at radius 1 is 1.13 bits per heavy atom. The lowest BCUT2D eigenvalue weighted by Gasteiger charge is -2.26. The number of hydrogen-bond donors (Lipinski definition) is 1. The molecule has 0 spiro atoms. The van der Waals surface area contributed by atoms with Crippen molar-refractivity contribution in [1.29, 1.82) is 0 Å². The number of alkyl halides is 3. The molecule has 1 aromatic carbocycles. The molecule has 1 fully saturated rings. The van der Waals surface area contributed by atoms with Crippen molar-refractivity contribution in [3.63, 3.8) is 0 Å². The molecule has 1 saturated heterocycles. The van der Waals surface area contributed by atoms with Crippen molar-refractivity contribution in [2.24, 2.45) is 0 Å². The minimum Gasteiger partial charge on any atom is -0.492 e. The van der Waals surface area contributed by atoms with Crippen LogP contribution in [0.3, 0.4) is 0 Å². The van der Waals surface area contributed by atoms with Crippen molar-refractivity contribution in [2.45, 2.75) is 58.5 Å². The number of amides is 1. The highest BCUT2D eigenvalue weighted by Crippen LogP contribution is 2.28. The highest BCUT2D eigenvalue weighted by molar-refractivity contribution is 5.80. The molecule has 1 amide bonds. The van der Waals surface area contributed by atoms with Gasteiger partial charge in [0.25, 0.3) is 5.56 Å². The van der Waals surface area contributed by atoms with Crippen molar-refractivity contribution in [3.8, 4) is 22.9 Å². The molecule has 3 heterocycles. The van der Waals surface area contributed by atoms with Crippen LogP contribution in [0.2, 0.25) is 0 Å². The predicted octanol–water partition coefficient (Wildman–Crippen LogP) is 4.14. The minimum absolute atomic E-state index is 0.0123. The van der Waals surface area contributed by atoms with E-state index in [1.54, 1.807) is 13.8 Å². The molecule has 3 aromatic rings. The van der Waals surface area contributed by atoms with Gasteiger partial charge >= 0.3 is 6.36 Å². The maximum absolute atomic E-state index is 13.6. The number of carbonyl (C=O) groups is 1. The van der Waals surface area contributed by atoms with E-state index in [-0.39, 0.29) is 35.0 Å². The van der Waals surface area contributed by atoms with E-state index >= 15 is 0 Å². The van der Waals surface area contributed by atoms with E-state index in [0.717, 1.165) is 42.8 Å². The molecule has 1 N–H and O–H groups in total. The lowest BCUT2D eigenvalue weighted by Crippen LogP contribution is -2.37. The molecule has 0 saturated carbocycles. The van der Waals surface area contributed by atoms with Gasteiger partial charge in [-0.05, 0) is 64.4 Å². The zero-order valence-electron chi connectivity index (χ0n) is 22.0. The van der Waals surface area contributed by atoms with E-state index in [1.165, 1.54) is 43.7 Å². The molecular formula is C27H32F3N5O4. The van der Waals surface area contributed by atoms with Gasteiger partial charge in [-0.1, -0.05) is 18.6 Å². The zero-order valence-corrected chi connectivity index (χ0v) is 22.0. The molecule has 2 aromatic heterocycles. The van der Waals surface area contributed by atoms with Gasteiger partial charge < -0.3 is 19.7 Å². The Bertz CT molecular complexity index is 1350. The average molecular weight is 548 g/mol. The fourth-order valence-electron chi connectivity index (χ4n) is 4.54. The number of fused-ring (bicyclic) bond motifs is 1. The summed E-state index contributed by atoms with van der Waals surface area (Å²) in [7, 11) is 0. The summed E-state index contributed by atoms with van der Waals surface area (Å²) in [6.45, 7) is 6.74. The van der Waals surface area contributed by atoms with Gasteiger partial charge in [-0.15, -0.1) is 13.2 Å². The maximum atomic E-state index is 13.6. The van der Waals surface area contributed by atoms with Crippen LogP contribution in [0, 0.1) is 0 Å². The first-order valence-electron chi connectivity index (χ1n) is 13.0. The van der Waals surface area contributed by atoms with Crippen molar-refractivity contribution in [1.82, 2.24) is 24.8 Å². The second-order valence-corrected chi connectivity index (χ2v) is 9.77. The summed E-state index contributed by atoms with van der Waals surface area (Å²) in [5, 5.41) is 2.85. The number of nitrogens with one attached hydrogen (secondary N) is 1. The molecule has 39 heavy (non-hydrogen) atoms. The maximum Gasteiger partial charge on any atom is 0.573 e. The summed E-state index contributed by atoms with van der Waals surface area (Å²) < 4.78 is 49.4. The summed E-state index contributed by atoms with van der Waals surface area (Å²) in [6, 6.07) is 6.42. The second kappa shape index (κ2) is 12.5. The third-order valence-corrected chi connectivity index (χ3v) is 6.20. The molecule has 210 valence electrons. The summed E-state index contributed by atoms with van der Waals surface area (Å²) in [5.74, 6) is -0.544. The van der Waals surface area contributed by atoms with Crippen molar-refractivity contribution in [2.75, 3.05) is 26.2 Å². The van der Waals surface area contributed by atoms with Gasteiger partial charge in [-0.2, -0.15) is 0 Å². The summed E-state index contributed by atoms with van der Waals surface area (Å²) in [5.41, 5.74) is -0.325. The lowest BCUT2D eigenvalue weighted by molar-refractivity contribution is -0.274. The van der Waals surface area contributed by atoms with Crippen LogP contribution in [-0.2, 0) is 11.3 Å². The fourth-order valence-corrected chi connectivity index (χ4v) is 4.54. The van der Waals surface area contributed by atoms with Gasteiger partial charge in [0.05, 0.1) is 18.2 Å². The van der Waals surface area contributed by atoms with Gasteiger partial charge in [0.15, 0.2) is 5.65 Å². The van der Waals surface area contributed by atoms with Crippen molar-refractivity contribution < 1.29 is 27.4 Å². The second-order valence-electron chi connectivity index (χ2n) is 9.77. The number of piperidine rings is 1. The van der Waals surface area contributed by atoms with Crippen molar-refractivity contribution in [3.05, 3.63) is 46.9 Å². The Balaban J connectivity index is 1.63. The fraction of sp³-hybridized carbons (Fsp3) is 0.481. The molecule has 1 aliphatic rings. The zero-order chi connectivity index (χ0) is 28.0. The van der Waals surface area contributed by atoms with E-state index < -0.39 is 23.6 Å². The van der Waals surface area contributed by atoms with E-state index in [1.807, 2.05) is 0 Å². The number of halogens is 3. The first-order chi connectivity index (χ1) is 18.6. The first-order valence-corrected chi connectivity index (χ1v) is 13.0. The van der Waals surface area contributed by atoms with Crippen LogP contribution in [-0.4, -0.2) is 64.0 Å². The first kappa shape index (κ1) is 28.3. The van der Waals surface area contributed by atoms with Crippen LogP contribution in [0.15, 0.2) is 41.3 Å². The molecule has 0 radical (unpaired) electrons. The summed E-state index contributed by atoms with van der Waals surface area (Å²) >= 11 is 0. The van der Waals surface area contributed by atoms with Gasteiger partial charge in [0, 0.05) is 18.2 Å². The monoisotopic (exact) mass is 547 g/mol. The van der Waals surface area contributed by atoms with Crippen LogP contribution in [0.4, 0.5) is 13.2 Å². The molecule has 1 aliphatic heterocycles. The van der Waals surface area contributed by atoms with Gasteiger partial charge in [-0.3, -0.25) is 14.2 Å². The summed E-state index contributed by atoms with van der Waals surface area (Å²) in [6.07, 6.45) is 1.09. The average Bonchev–Trinajstić information content (AvgIpc) is 2.87. The molecule has 0 unspecified atom stereocenters. The summed E-state index contributed by atoms with van der Waals surface area (Å²) in [4.78, 5) is 37.3. The van der Waals surface area contributed by atoms with E-state index in [0.29, 0.717) is 12.4 Å². The van der Waals surface area contributed by atoms with E-state index in [4.69, 9.17) is 4.74 Å². The highest BCUT2D eigenvalue weighted by Gasteiger charge is 2.31. The molecule has 0 aliphatic carbocycles. The quantitative estimate of drug-likeness (QED) is 0.381. The SMILES string of the molecule is CC(C)NC(=O)Cn1c(-c2cccc(OC(F)(F)F)c2)nc2ncc(OCCCN3CCCCC3)cc2c1=O. The number of likely N-dealkylation sites (tertiary alicyclic amines) is 1. The molecular weight excluding hydrogens is 515 g/mol. The number of hydrogen-bond acceptors (Lipinski definition) is 7. The number of aromatic nitrogens is 3. The normalized spacial score (nSPS) is 14.5. The van der Waals surface area contributed by atoms with Crippen molar-refractivity contribution >= 4 is 16.9 Å². The third kappa shape index (κ3) is 7.92. The number of rotatable bonds is 10. The minimum atomic E-state index is -4.89. The smallest absolute Gasteiger partial charge is 0.492 e. The third-order valence-electron chi connectivity index (χ3n) is 6.20. The van der Waals surface area contributed by atoms with Crippen LogP contribution in [0.5, 0.6) is 11.5 Å². The van der Waals surface area contributed by atoms with Gasteiger partial charge in [-0.25, -0.2) is 9.97 Å². The van der Waals surface area contributed by atoms with Crippen LogP contribution in [0.1, 0.15) is 39.5 Å². The molecule has 4 rings (SSSR count). The van der Waals surface area contributed by atoms with Gasteiger partial charge in [0.2, 0.25) is 5.91 Å². The number of ether oxygens (including phenoxy) is 2. The largest absolute Gasteiger partial charge is 0.573 e. The number of pyridine rings is 1. The standard InChI is InChI=1S/C27H32F3N5O4/c1-18(2)32-23(36)17-35-25(19-8-6-9-20(14-19)39-27(28,29)30)33-24-22(26(35)37)15-21(16-31-24)38-13-7-12-34-10-4-3-5-11-34/h6,8-9,14-16,18H,3-5,7,10-13,17H2,1-2H3,(H,32,36). The van der Waals surface area contributed by atoms with E-state index in [9.17, 15) is 22.8 Å². The van der Waals surface area contributed by atoms with Crippen LogP contribution >= 0.6 is 0 Å². The molecule has 0 atom stereocenters. The van der Waals surface area contributed by atoms with E-state index in [2.05, 4.69) is 24.9 Å². The Morgan fingerprint density at radius 2 is 1.90 bits per heavy atom. The topological polar surface area (TPSA) is 98.6 Å². The lowest BCUT2D eigenvalue weighted by atomic mass is 10.1. The van der Waals surface area contributed by atoms with Gasteiger partial charge in [0.1, 0.15) is 23.9 Å². The Kier molecular flexibility index (Phi) is 9.05. The predicted molar refractivity (Wildman–Crippen MR) is 140 cm³/mol. The number of benzene rings is 1. The van der Waals surface area contributed by atoms with Crippen LogP contribution in [0.25, 0.3) is 22.4 Å². The van der Waals surface area contributed by atoms with Crippen LogP contribution < -0.4 is 20.3 Å². The molecule has 12 heteroatoms. The molecule has 9 nitrogen and oxygen atoms in total. The molecule has 0 bridgehead atoms. The Labute approximate surface area is 223 Å².